The van der Waals surface area contributed by atoms with Crippen LogP contribution in [0.5, 0.6) is 0 Å². The number of rotatable bonds is 19. The molecule has 0 radical (unpaired) electrons. The van der Waals surface area contributed by atoms with E-state index in [1.165, 1.54) is 161 Å². The van der Waals surface area contributed by atoms with Gasteiger partial charge in [-0.15, -0.1) is 0 Å². The number of hydrogen-bond donors (Lipinski definition) is 0. The molecule has 0 spiro atoms. The van der Waals surface area contributed by atoms with Gasteiger partial charge in [0.15, 0.2) is 0 Å². The van der Waals surface area contributed by atoms with Crippen LogP contribution < -0.4 is 0 Å². The van der Waals surface area contributed by atoms with Crippen molar-refractivity contribution >= 4 is 0 Å². The first-order valence-corrected chi connectivity index (χ1v) is 31.3. The predicted molar refractivity (Wildman–Crippen MR) is 321 cm³/mol. The van der Waals surface area contributed by atoms with Crippen LogP contribution >= 0.6 is 0 Å². The summed E-state index contributed by atoms with van der Waals surface area (Å²) in [7, 11) is 8.83. The molecule has 5 fully saturated rings. The highest BCUT2D eigenvalue weighted by molar-refractivity contribution is 4.88. The van der Waals surface area contributed by atoms with Crippen LogP contribution in [0.25, 0.3) is 0 Å². The molecule has 5 unspecified atom stereocenters. The molecule has 0 saturated heterocycles. The SMILES string of the molecule is CC1(C2CCCCC2)CCCC1.CCC(CC)C(C)OC.CCOC.CCOC(C)C(C)C.CCOC1CCCCC1.CCOCC.COC(C)C(C)C.COC(C)C1CCCC1.COC(C)C1CCCCC1. The van der Waals surface area contributed by atoms with Gasteiger partial charge in [-0.05, 0) is 174 Å². The molecule has 0 amide bonds. The third kappa shape index (κ3) is 46.3. The Labute approximate surface area is 460 Å². The molecule has 5 aliphatic rings. The first-order chi connectivity index (χ1) is 34.9. The van der Waals surface area contributed by atoms with Gasteiger partial charge in [-0.25, -0.2) is 0 Å². The summed E-state index contributed by atoms with van der Waals surface area (Å²) in [6.07, 6.45) is 38.4. The Morgan fingerprint density at radius 3 is 1.01 bits per heavy atom. The molecule has 0 aromatic rings. The molecule has 0 heterocycles. The zero-order chi connectivity index (χ0) is 56.3. The Hall–Kier alpha value is -0.320. The predicted octanol–water partition coefficient (Wildman–Crippen LogP) is 19.2. The minimum absolute atomic E-state index is 0.403. The molecule has 0 aliphatic heterocycles. The highest BCUT2D eigenvalue weighted by atomic mass is 16.5. The van der Waals surface area contributed by atoms with Gasteiger partial charge in [-0.2, -0.15) is 0 Å². The molecule has 446 valence electrons. The normalized spacial score (nSPS) is 20.0. The van der Waals surface area contributed by atoms with E-state index < -0.39 is 0 Å². The monoisotopic (exact) mass is 1050 g/mol. The molecule has 0 N–H and O–H groups in total. The maximum atomic E-state index is 5.48. The maximum Gasteiger partial charge on any atom is 0.0575 e. The molecular formula is C65H138O8. The van der Waals surface area contributed by atoms with E-state index in [1.807, 2.05) is 41.9 Å². The summed E-state index contributed by atoms with van der Waals surface area (Å²) in [5, 5.41) is 0. The number of ether oxygens (including phenoxy) is 8. The van der Waals surface area contributed by atoms with Gasteiger partial charge < -0.3 is 37.9 Å². The summed E-state index contributed by atoms with van der Waals surface area (Å²) in [6, 6.07) is 0. The summed E-state index contributed by atoms with van der Waals surface area (Å²) >= 11 is 0. The summed E-state index contributed by atoms with van der Waals surface area (Å²) in [5.74, 6) is 4.83. The van der Waals surface area contributed by atoms with Crippen molar-refractivity contribution in [3.63, 3.8) is 0 Å². The van der Waals surface area contributed by atoms with E-state index in [4.69, 9.17) is 33.2 Å². The molecule has 5 aliphatic carbocycles. The van der Waals surface area contributed by atoms with Crippen LogP contribution in [0.1, 0.15) is 278 Å². The molecule has 5 saturated carbocycles. The second-order valence-corrected chi connectivity index (χ2v) is 22.7. The molecule has 5 rings (SSSR count). The number of methoxy groups -OCH3 is 5. The van der Waals surface area contributed by atoms with Crippen molar-refractivity contribution in [3.8, 4) is 0 Å². The highest BCUT2D eigenvalue weighted by Gasteiger charge is 2.37. The summed E-state index contributed by atoms with van der Waals surface area (Å²) in [5.41, 5.74) is 0.764. The van der Waals surface area contributed by atoms with Crippen LogP contribution in [0.2, 0.25) is 0 Å². The average Bonchev–Trinajstić information content (AvgIpc) is 4.14. The van der Waals surface area contributed by atoms with Gasteiger partial charge in [0.25, 0.3) is 0 Å². The Bertz CT molecular complexity index is 993. The zero-order valence-electron chi connectivity index (χ0n) is 53.9. The fraction of sp³-hybridized carbons (Fsp3) is 1.00. The molecule has 0 bridgehead atoms. The lowest BCUT2D eigenvalue weighted by Crippen LogP contribution is -2.26. The van der Waals surface area contributed by atoms with Crippen LogP contribution in [0.4, 0.5) is 0 Å². The lowest BCUT2D eigenvalue weighted by atomic mass is 9.69. The fourth-order valence-electron chi connectivity index (χ4n) is 10.3. The smallest absolute Gasteiger partial charge is 0.0575 e. The van der Waals surface area contributed by atoms with Crippen molar-refractivity contribution in [2.24, 2.45) is 40.9 Å². The Kier molecular flexibility index (Phi) is 61.2. The summed E-state index contributed by atoms with van der Waals surface area (Å²) < 4.78 is 40.9. The largest absolute Gasteiger partial charge is 0.385 e. The first-order valence-electron chi connectivity index (χ1n) is 31.3. The van der Waals surface area contributed by atoms with Gasteiger partial charge in [0.2, 0.25) is 0 Å². The Balaban J connectivity index is -0.000000372. The van der Waals surface area contributed by atoms with Gasteiger partial charge in [-0.3, -0.25) is 0 Å². The van der Waals surface area contributed by atoms with Crippen molar-refractivity contribution in [1.29, 1.82) is 0 Å². The molecule has 0 aromatic carbocycles. The third-order valence-corrected chi connectivity index (χ3v) is 16.9. The van der Waals surface area contributed by atoms with E-state index in [9.17, 15) is 0 Å². The Morgan fingerprint density at radius 1 is 0.397 bits per heavy atom. The van der Waals surface area contributed by atoms with Crippen LogP contribution in [0.3, 0.4) is 0 Å². The first kappa shape index (κ1) is 79.2. The van der Waals surface area contributed by atoms with Crippen molar-refractivity contribution < 1.29 is 37.9 Å². The minimum atomic E-state index is 0.403. The van der Waals surface area contributed by atoms with E-state index in [0.717, 1.165) is 62.1 Å². The molecule has 0 aromatic heterocycles. The lowest BCUT2D eigenvalue weighted by Gasteiger charge is -2.36. The quantitative estimate of drug-likeness (QED) is 0.127. The maximum absolute atomic E-state index is 5.48. The molecule has 8 heteroatoms. The highest BCUT2D eigenvalue weighted by Crippen LogP contribution is 2.49. The van der Waals surface area contributed by atoms with Crippen molar-refractivity contribution in [2.75, 3.05) is 68.6 Å². The van der Waals surface area contributed by atoms with E-state index in [1.54, 1.807) is 21.3 Å². The molecule has 5 atom stereocenters. The van der Waals surface area contributed by atoms with Crippen LogP contribution in [-0.2, 0) is 37.9 Å². The summed E-state index contributed by atoms with van der Waals surface area (Å²) in [4.78, 5) is 0. The Morgan fingerprint density at radius 2 is 0.767 bits per heavy atom. The zero-order valence-corrected chi connectivity index (χ0v) is 53.9. The van der Waals surface area contributed by atoms with Gasteiger partial charge >= 0.3 is 0 Å². The molecule has 73 heavy (non-hydrogen) atoms. The van der Waals surface area contributed by atoms with Crippen molar-refractivity contribution in [1.82, 2.24) is 0 Å². The molecular weight excluding hydrogens is 909 g/mol. The van der Waals surface area contributed by atoms with E-state index in [-0.39, 0.29) is 0 Å². The fourth-order valence-corrected chi connectivity index (χ4v) is 10.3. The third-order valence-electron chi connectivity index (χ3n) is 16.9. The van der Waals surface area contributed by atoms with E-state index >= 15 is 0 Å². The topological polar surface area (TPSA) is 73.8 Å². The van der Waals surface area contributed by atoms with Gasteiger partial charge in [0, 0.05) is 68.6 Å². The van der Waals surface area contributed by atoms with Gasteiger partial charge in [0.05, 0.1) is 36.6 Å². The number of hydrogen-bond acceptors (Lipinski definition) is 8. The molecule has 8 nitrogen and oxygen atoms in total. The summed E-state index contributed by atoms with van der Waals surface area (Å²) in [6.45, 7) is 40.6. The second-order valence-electron chi connectivity index (χ2n) is 22.7. The lowest BCUT2D eigenvalue weighted by molar-refractivity contribution is 0.0368. The van der Waals surface area contributed by atoms with Crippen molar-refractivity contribution in [3.05, 3.63) is 0 Å². The standard InChI is InChI=1S/C12H22.C9H18O.2C8H16O.C8H18O.C7H16O.C6H14O.C4H10O.C3H8O/c1-12(9-5-6-10-12)11-7-3-2-4-8-11;1-8(10-2)9-6-4-3-5-7-9;1-7(9-2)8-5-3-4-6-8;1-2-9-8-6-4-3-5-7-8;1-5-8(6-2)7(3)9-4;1-5-8-7(4)6(2)3;1-5(2)6(3)7-4;1-3-5-4-2;1-3-4-2/h11H,2-10H2,1H3;8-9H,3-7H2,1-2H3;7-8H,3-6H2,1-2H3;8H,2-7H2,1H3;7-8H,5-6H2,1-4H3;6-7H,5H2,1-4H3;5-6H,1-4H3;3-4H2,1-2H3;3H2,1-2H3. The van der Waals surface area contributed by atoms with Crippen LogP contribution in [0, 0.1) is 40.9 Å². The minimum Gasteiger partial charge on any atom is -0.385 e. The van der Waals surface area contributed by atoms with Gasteiger partial charge in [-0.1, -0.05) is 145 Å². The second kappa shape index (κ2) is 56.4. The van der Waals surface area contributed by atoms with E-state index in [0.29, 0.717) is 48.5 Å². The van der Waals surface area contributed by atoms with Crippen molar-refractivity contribution in [2.45, 2.75) is 315 Å². The van der Waals surface area contributed by atoms with Gasteiger partial charge in [0.1, 0.15) is 0 Å². The average molecular weight is 1050 g/mol. The van der Waals surface area contributed by atoms with E-state index in [2.05, 4.69) is 94.7 Å². The van der Waals surface area contributed by atoms with Crippen LogP contribution in [-0.4, -0.2) is 105 Å². The van der Waals surface area contributed by atoms with Crippen LogP contribution in [0.15, 0.2) is 0 Å².